The summed E-state index contributed by atoms with van der Waals surface area (Å²) in [5, 5.41) is 2.85. The third-order valence-corrected chi connectivity index (χ3v) is 4.35. The molecule has 1 N–H and O–H groups in total. The Hall–Kier alpha value is -2.79. The summed E-state index contributed by atoms with van der Waals surface area (Å²) in [6, 6.07) is 20.0. The Balaban J connectivity index is 1.66. The molecular weight excluding hydrogens is 380 g/mol. The van der Waals surface area contributed by atoms with Crippen LogP contribution in [0, 0.1) is 0 Å². The Morgan fingerprint density at radius 1 is 0.840 bits per heavy atom. The van der Waals surface area contributed by atoms with Crippen molar-refractivity contribution in [3.63, 3.8) is 0 Å². The number of ketones is 1. The summed E-state index contributed by atoms with van der Waals surface area (Å²) in [7, 11) is 0. The maximum Gasteiger partial charge on any atom is 0.290 e. The van der Waals surface area contributed by atoms with Gasteiger partial charge in [0.05, 0.1) is 5.69 Å². The summed E-state index contributed by atoms with van der Waals surface area (Å²) in [4.78, 5) is 24.5. The largest absolute Gasteiger partial charge is 0.320 e. The molecule has 0 aliphatic rings. The van der Waals surface area contributed by atoms with Gasteiger partial charge < -0.3 is 5.32 Å². The van der Waals surface area contributed by atoms with Crippen LogP contribution in [-0.4, -0.2) is 11.7 Å². The predicted molar refractivity (Wildman–Crippen MR) is 99.3 cm³/mol. The number of pyridine rings is 1. The van der Waals surface area contributed by atoms with Crippen LogP contribution >= 0.6 is 15.9 Å². The molecule has 0 saturated heterocycles. The van der Waals surface area contributed by atoms with Gasteiger partial charge in [-0.15, -0.1) is 0 Å². The predicted octanol–water partition coefficient (Wildman–Crippen LogP) is 3.61. The molecular formula is C20H16BrN2O2+. The summed E-state index contributed by atoms with van der Waals surface area (Å²) < 4.78 is 2.56. The van der Waals surface area contributed by atoms with Crippen molar-refractivity contribution >= 4 is 33.3 Å². The molecule has 0 aliphatic heterocycles. The molecule has 2 aromatic carbocycles. The molecule has 0 aliphatic carbocycles. The lowest BCUT2D eigenvalue weighted by molar-refractivity contribution is -0.684. The molecule has 1 aromatic heterocycles. The monoisotopic (exact) mass is 395 g/mol. The molecule has 0 bridgehead atoms. The van der Waals surface area contributed by atoms with Crippen LogP contribution in [0.5, 0.6) is 0 Å². The first-order valence-corrected chi connectivity index (χ1v) is 8.56. The summed E-state index contributed by atoms with van der Waals surface area (Å²) >= 11 is 3.40. The van der Waals surface area contributed by atoms with Gasteiger partial charge in [-0.1, -0.05) is 42.5 Å². The van der Waals surface area contributed by atoms with Gasteiger partial charge in [-0.2, -0.15) is 4.57 Å². The second kappa shape index (κ2) is 7.85. The lowest BCUT2D eigenvalue weighted by Crippen LogP contribution is -2.39. The number of hydrogen-bond donors (Lipinski definition) is 1. The first-order valence-electron chi connectivity index (χ1n) is 7.77. The van der Waals surface area contributed by atoms with Crippen molar-refractivity contribution in [2.75, 3.05) is 5.32 Å². The quantitative estimate of drug-likeness (QED) is 0.529. The number of aromatic nitrogens is 1. The third kappa shape index (κ3) is 4.39. The maximum atomic E-state index is 12.4. The fraction of sp³-hybridized carbons (Fsp3) is 0.0500. The highest BCUT2D eigenvalue weighted by Gasteiger charge is 2.13. The zero-order valence-corrected chi connectivity index (χ0v) is 14.9. The van der Waals surface area contributed by atoms with E-state index in [1.54, 1.807) is 41.2 Å². The van der Waals surface area contributed by atoms with Crippen LogP contribution in [0.25, 0.3) is 0 Å². The van der Waals surface area contributed by atoms with E-state index in [0.717, 1.165) is 10.2 Å². The van der Waals surface area contributed by atoms with Crippen LogP contribution < -0.4 is 9.88 Å². The van der Waals surface area contributed by atoms with Crippen LogP contribution in [-0.2, 0) is 11.3 Å². The fourth-order valence-electron chi connectivity index (χ4n) is 2.39. The van der Waals surface area contributed by atoms with E-state index in [1.165, 1.54) is 0 Å². The minimum absolute atomic E-state index is 0.0367. The number of rotatable bonds is 5. The average Bonchev–Trinajstić information content (AvgIpc) is 2.64. The van der Waals surface area contributed by atoms with Crippen LogP contribution in [0.2, 0.25) is 0 Å². The van der Waals surface area contributed by atoms with E-state index in [-0.39, 0.29) is 18.2 Å². The highest BCUT2D eigenvalue weighted by molar-refractivity contribution is 9.10. The summed E-state index contributed by atoms with van der Waals surface area (Å²) in [6.45, 7) is 0.168. The average molecular weight is 396 g/mol. The molecule has 1 heterocycles. The van der Waals surface area contributed by atoms with Gasteiger partial charge in [0.25, 0.3) is 5.91 Å². The van der Waals surface area contributed by atoms with Crippen LogP contribution in [0.4, 0.5) is 5.69 Å². The Morgan fingerprint density at radius 3 is 2.12 bits per heavy atom. The molecule has 0 atom stereocenters. The van der Waals surface area contributed by atoms with E-state index >= 15 is 0 Å². The second-order valence-electron chi connectivity index (χ2n) is 5.48. The minimum Gasteiger partial charge on any atom is -0.320 e. The van der Waals surface area contributed by atoms with Gasteiger partial charge in [-0.05, 0) is 28.1 Å². The molecule has 3 rings (SSSR count). The van der Waals surface area contributed by atoms with E-state index in [4.69, 9.17) is 0 Å². The van der Waals surface area contributed by atoms with Gasteiger partial charge in [-0.3, -0.25) is 9.59 Å². The number of para-hydroxylation sites is 1. The lowest BCUT2D eigenvalue weighted by Gasteiger charge is -2.05. The van der Waals surface area contributed by atoms with Crippen molar-refractivity contribution in [2.24, 2.45) is 0 Å². The Labute approximate surface area is 154 Å². The normalized spacial score (nSPS) is 10.3. The Bertz CT molecular complexity index is 893. The molecule has 0 radical (unpaired) electrons. The Morgan fingerprint density at radius 2 is 1.44 bits per heavy atom. The van der Waals surface area contributed by atoms with E-state index in [0.29, 0.717) is 11.1 Å². The van der Waals surface area contributed by atoms with Gasteiger partial charge in [0, 0.05) is 27.7 Å². The van der Waals surface area contributed by atoms with Crippen molar-refractivity contribution in [3.8, 4) is 0 Å². The molecule has 0 fully saturated rings. The number of halogens is 1. The van der Waals surface area contributed by atoms with Crippen molar-refractivity contribution < 1.29 is 14.2 Å². The van der Waals surface area contributed by atoms with Gasteiger partial charge in [0.1, 0.15) is 0 Å². The molecule has 3 aromatic rings. The second-order valence-corrected chi connectivity index (χ2v) is 6.34. The van der Waals surface area contributed by atoms with Gasteiger partial charge in [0.15, 0.2) is 18.2 Å². The zero-order valence-electron chi connectivity index (χ0n) is 13.4. The molecule has 25 heavy (non-hydrogen) atoms. The zero-order chi connectivity index (χ0) is 17.6. The van der Waals surface area contributed by atoms with Crippen molar-refractivity contribution in [1.29, 1.82) is 0 Å². The highest BCUT2D eigenvalue weighted by atomic mass is 79.9. The number of carbonyl (C=O) groups is 2. The molecule has 5 heteroatoms. The highest BCUT2D eigenvalue weighted by Crippen LogP contribution is 2.20. The summed E-state index contributed by atoms with van der Waals surface area (Å²) in [5.41, 5.74) is 1.96. The van der Waals surface area contributed by atoms with E-state index in [2.05, 4.69) is 21.2 Å². The number of hydrogen-bond acceptors (Lipinski definition) is 2. The number of nitrogens with zero attached hydrogens (tertiary/aromatic N) is 1. The Kier molecular flexibility index (Phi) is 5.36. The lowest BCUT2D eigenvalue weighted by atomic mass is 10.0. The smallest absolute Gasteiger partial charge is 0.290 e. The first-order chi connectivity index (χ1) is 12.1. The SMILES string of the molecule is O=C(C[n+]1ccc(C(=O)c2ccccc2)cc1)Nc1ccccc1Br. The van der Waals surface area contributed by atoms with E-state index in [1.807, 2.05) is 42.5 Å². The van der Waals surface area contributed by atoms with Gasteiger partial charge >= 0.3 is 0 Å². The molecule has 0 saturated carbocycles. The number of anilines is 1. The van der Waals surface area contributed by atoms with Crippen LogP contribution in [0.1, 0.15) is 15.9 Å². The van der Waals surface area contributed by atoms with Gasteiger partial charge in [-0.25, -0.2) is 0 Å². The van der Waals surface area contributed by atoms with Crippen LogP contribution in [0.15, 0.2) is 83.6 Å². The van der Waals surface area contributed by atoms with Crippen molar-refractivity contribution in [3.05, 3.63) is 94.7 Å². The molecule has 1 amide bonds. The number of amides is 1. The fourth-order valence-corrected chi connectivity index (χ4v) is 2.77. The standard InChI is InChI=1S/C20H15BrN2O2/c21-17-8-4-5-9-18(17)22-19(24)14-23-12-10-16(11-13-23)20(25)15-6-2-1-3-7-15/h1-13H,14H2/p+1. The first kappa shape index (κ1) is 17.0. The van der Waals surface area contributed by atoms with Crippen molar-refractivity contribution in [1.82, 2.24) is 0 Å². The van der Waals surface area contributed by atoms with Crippen LogP contribution in [0.3, 0.4) is 0 Å². The number of benzene rings is 2. The maximum absolute atomic E-state index is 12.4. The summed E-state index contributed by atoms with van der Waals surface area (Å²) in [6.07, 6.45) is 3.46. The van der Waals surface area contributed by atoms with E-state index in [9.17, 15) is 9.59 Å². The molecule has 124 valence electrons. The molecule has 0 unspecified atom stereocenters. The number of nitrogens with one attached hydrogen (secondary N) is 1. The van der Waals surface area contributed by atoms with Gasteiger partial charge in [0.2, 0.25) is 6.54 Å². The minimum atomic E-state index is -0.140. The molecule has 0 spiro atoms. The molecule has 4 nitrogen and oxygen atoms in total. The third-order valence-electron chi connectivity index (χ3n) is 3.66. The summed E-state index contributed by atoms with van der Waals surface area (Å²) in [5.74, 6) is -0.176. The van der Waals surface area contributed by atoms with E-state index < -0.39 is 0 Å². The number of carbonyl (C=O) groups excluding carboxylic acids is 2. The van der Waals surface area contributed by atoms with Crippen molar-refractivity contribution in [2.45, 2.75) is 6.54 Å². The topological polar surface area (TPSA) is 50.0 Å².